The molecular weight excluding hydrogens is 383 g/mol. The average Bonchev–Trinajstić information content (AvgIpc) is 3.16. The van der Waals surface area contributed by atoms with Crippen LogP contribution in [0.5, 0.6) is 0 Å². The van der Waals surface area contributed by atoms with Crippen LogP contribution >= 0.6 is 24.0 Å². The number of rotatable bonds is 2. The van der Waals surface area contributed by atoms with Crippen molar-refractivity contribution >= 4 is 29.9 Å². The van der Waals surface area contributed by atoms with Gasteiger partial charge in [-0.3, -0.25) is 4.99 Å². The highest BCUT2D eigenvalue weighted by atomic mass is 127. The Morgan fingerprint density at radius 2 is 2.38 bits per heavy atom. The summed E-state index contributed by atoms with van der Waals surface area (Å²) in [5.74, 6) is 1.85. The molecule has 0 amide bonds. The minimum Gasteiger partial charge on any atom is -0.381 e. The zero-order chi connectivity index (χ0) is 14.0. The van der Waals surface area contributed by atoms with Gasteiger partial charge in [0.25, 0.3) is 0 Å². The lowest BCUT2D eigenvalue weighted by molar-refractivity contribution is 0.156. The summed E-state index contributed by atoms with van der Waals surface area (Å²) in [4.78, 5) is 6.71. The maximum Gasteiger partial charge on any atom is 0.194 e. The fourth-order valence-electron chi connectivity index (χ4n) is 3.04. The molecule has 3 rings (SSSR count). The van der Waals surface area contributed by atoms with Gasteiger partial charge in [-0.25, -0.2) is 0 Å². The van der Waals surface area contributed by atoms with Crippen molar-refractivity contribution in [3.8, 4) is 0 Å². The van der Waals surface area contributed by atoms with Crippen LogP contribution in [-0.2, 0) is 18.3 Å². The molecule has 0 saturated carbocycles. The Kier molecular flexibility index (Phi) is 5.42. The van der Waals surface area contributed by atoms with Crippen LogP contribution in [0.25, 0.3) is 0 Å². The molecule has 0 bridgehead atoms. The number of aryl methyl sites for hydroxylation is 1. The second-order valence-corrected chi connectivity index (χ2v) is 5.73. The van der Waals surface area contributed by atoms with E-state index in [1.54, 1.807) is 6.33 Å². The van der Waals surface area contributed by atoms with E-state index in [0.717, 1.165) is 38.1 Å². The maximum absolute atomic E-state index is 5.57. The zero-order valence-electron chi connectivity index (χ0n) is 12.6. The summed E-state index contributed by atoms with van der Waals surface area (Å²) in [6, 6.07) is 0. The molecule has 2 aliphatic rings. The second-order valence-electron chi connectivity index (χ2n) is 5.73. The number of guanidine groups is 1. The largest absolute Gasteiger partial charge is 0.381 e. The Morgan fingerprint density at radius 3 is 3.00 bits per heavy atom. The predicted molar refractivity (Wildman–Crippen MR) is 90.7 cm³/mol. The third-order valence-electron chi connectivity index (χ3n) is 4.34. The summed E-state index contributed by atoms with van der Waals surface area (Å²) in [6.45, 7) is 4.51. The summed E-state index contributed by atoms with van der Waals surface area (Å²) < 4.78 is 7.48. The lowest BCUT2D eigenvalue weighted by Crippen LogP contribution is -2.41. The molecule has 1 aromatic heterocycles. The highest BCUT2D eigenvalue weighted by Crippen LogP contribution is 2.38. The number of ether oxygens (including phenoxy) is 1. The van der Waals surface area contributed by atoms with Crippen LogP contribution in [0.15, 0.2) is 11.3 Å². The van der Waals surface area contributed by atoms with E-state index in [4.69, 9.17) is 4.74 Å². The molecule has 8 heteroatoms. The van der Waals surface area contributed by atoms with E-state index in [9.17, 15) is 0 Å². The Balaban J connectivity index is 0.00000161. The minimum atomic E-state index is 0. The molecule has 21 heavy (non-hydrogen) atoms. The van der Waals surface area contributed by atoms with Crippen LogP contribution in [-0.4, -0.2) is 59.0 Å². The van der Waals surface area contributed by atoms with Gasteiger partial charge in [-0.2, -0.15) is 0 Å². The first-order valence-corrected chi connectivity index (χ1v) is 7.09. The monoisotopic (exact) mass is 406 g/mol. The first-order valence-electron chi connectivity index (χ1n) is 7.09. The number of halogens is 1. The van der Waals surface area contributed by atoms with E-state index >= 15 is 0 Å². The van der Waals surface area contributed by atoms with Gasteiger partial charge in [0.15, 0.2) is 11.8 Å². The molecule has 1 aromatic rings. The number of nitrogens with zero attached hydrogens (tertiary/aromatic N) is 5. The fourth-order valence-corrected chi connectivity index (χ4v) is 3.04. The van der Waals surface area contributed by atoms with E-state index < -0.39 is 0 Å². The van der Waals surface area contributed by atoms with Gasteiger partial charge in [-0.05, 0) is 12.8 Å². The molecule has 1 N–H and O–H groups in total. The van der Waals surface area contributed by atoms with Crippen LogP contribution in [0.2, 0.25) is 0 Å². The minimum absolute atomic E-state index is 0. The first-order chi connectivity index (χ1) is 9.72. The number of hydrogen-bond acceptors (Lipinski definition) is 4. The van der Waals surface area contributed by atoms with E-state index in [1.807, 2.05) is 18.7 Å². The van der Waals surface area contributed by atoms with Gasteiger partial charge in [0.1, 0.15) is 6.33 Å². The summed E-state index contributed by atoms with van der Waals surface area (Å²) in [5, 5.41) is 11.3. The molecule has 118 valence electrons. The van der Waals surface area contributed by atoms with E-state index in [0.29, 0.717) is 12.0 Å². The summed E-state index contributed by atoms with van der Waals surface area (Å²) in [6.07, 6.45) is 4.07. The fraction of sp³-hybridized carbons (Fsp3) is 0.769. The third kappa shape index (κ3) is 3.47. The van der Waals surface area contributed by atoms with Gasteiger partial charge in [0, 0.05) is 39.2 Å². The molecular formula is C13H23IN6O. The van der Waals surface area contributed by atoms with Crippen molar-refractivity contribution in [2.45, 2.75) is 19.4 Å². The van der Waals surface area contributed by atoms with Crippen LogP contribution < -0.4 is 5.32 Å². The summed E-state index contributed by atoms with van der Waals surface area (Å²) >= 11 is 0. The van der Waals surface area contributed by atoms with Crippen LogP contribution in [0.4, 0.5) is 0 Å². The van der Waals surface area contributed by atoms with Crippen molar-refractivity contribution in [3.63, 3.8) is 0 Å². The van der Waals surface area contributed by atoms with Gasteiger partial charge in [-0.1, -0.05) is 0 Å². The number of aromatic nitrogens is 3. The number of likely N-dealkylation sites (tertiary alicyclic amines) is 1. The average molecular weight is 406 g/mol. The Morgan fingerprint density at radius 1 is 1.52 bits per heavy atom. The van der Waals surface area contributed by atoms with Gasteiger partial charge in [0.05, 0.1) is 13.2 Å². The highest BCUT2D eigenvalue weighted by molar-refractivity contribution is 14.0. The molecule has 0 aromatic carbocycles. The summed E-state index contributed by atoms with van der Waals surface area (Å²) in [5.41, 5.74) is 0.350. The van der Waals surface area contributed by atoms with E-state index in [1.165, 1.54) is 12.8 Å². The molecule has 1 atom stereocenters. The van der Waals surface area contributed by atoms with Gasteiger partial charge in [-0.15, -0.1) is 34.2 Å². The number of aliphatic imine (C=N–C) groups is 1. The van der Waals surface area contributed by atoms with Crippen LogP contribution in [0.1, 0.15) is 18.7 Å². The van der Waals surface area contributed by atoms with E-state index in [-0.39, 0.29) is 24.0 Å². The number of hydrogen-bond donors (Lipinski definition) is 1. The maximum atomic E-state index is 5.57. The van der Waals surface area contributed by atoms with E-state index in [2.05, 4.69) is 25.4 Å². The molecule has 1 spiro atoms. The standard InChI is InChI=1S/C13H22N6O.HI/c1-14-12(15-7-11-17-16-10-18(11)2)19-5-3-13(8-19)4-6-20-9-13;/h10H,3-9H2,1-2H3,(H,14,15);1H. The lowest BCUT2D eigenvalue weighted by Gasteiger charge is -2.24. The van der Waals surface area contributed by atoms with Crippen molar-refractivity contribution < 1.29 is 4.74 Å². The molecule has 3 heterocycles. The van der Waals surface area contributed by atoms with Crippen molar-refractivity contribution in [1.29, 1.82) is 0 Å². The Labute approximate surface area is 142 Å². The molecule has 0 radical (unpaired) electrons. The zero-order valence-corrected chi connectivity index (χ0v) is 14.9. The van der Waals surface area contributed by atoms with Gasteiger partial charge in [0.2, 0.25) is 0 Å². The number of nitrogens with one attached hydrogen (secondary N) is 1. The highest BCUT2D eigenvalue weighted by Gasteiger charge is 2.42. The normalized spacial score (nSPS) is 25.4. The van der Waals surface area contributed by atoms with Crippen molar-refractivity contribution in [1.82, 2.24) is 25.0 Å². The van der Waals surface area contributed by atoms with Crippen molar-refractivity contribution in [2.75, 3.05) is 33.4 Å². The van der Waals surface area contributed by atoms with Crippen LogP contribution in [0.3, 0.4) is 0 Å². The molecule has 2 aliphatic heterocycles. The quantitative estimate of drug-likeness (QED) is 0.443. The third-order valence-corrected chi connectivity index (χ3v) is 4.34. The van der Waals surface area contributed by atoms with Gasteiger partial charge < -0.3 is 19.5 Å². The Hall–Kier alpha value is -0.900. The van der Waals surface area contributed by atoms with Crippen molar-refractivity contribution in [2.24, 2.45) is 17.5 Å². The first kappa shape index (κ1) is 16.5. The molecule has 0 aliphatic carbocycles. The smallest absolute Gasteiger partial charge is 0.194 e. The second kappa shape index (κ2) is 6.91. The van der Waals surface area contributed by atoms with Crippen molar-refractivity contribution in [3.05, 3.63) is 12.2 Å². The van der Waals surface area contributed by atoms with Gasteiger partial charge >= 0.3 is 0 Å². The molecule has 2 saturated heterocycles. The SMILES string of the molecule is CN=C(NCc1nncn1C)N1CCC2(CCOC2)C1.I. The molecule has 7 nitrogen and oxygen atoms in total. The predicted octanol–water partition coefficient (Wildman–Crippen LogP) is 0.621. The molecule has 2 fully saturated rings. The Bertz CT molecular complexity index is 497. The lowest BCUT2D eigenvalue weighted by atomic mass is 9.87. The summed E-state index contributed by atoms with van der Waals surface area (Å²) in [7, 11) is 3.77. The van der Waals surface area contributed by atoms with Crippen LogP contribution in [0, 0.1) is 5.41 Å². The molecule has 1 unspecified atom stereocenters. The topological polar surface area (TPSA) is 67.6 Å².